The van der Waals surface area contributed by atoms with Gasteiger partial charge in [0.2, 0.25) is 5.91 Å². The number of carbonyl (C=O) groups is 4. The maximum Gasteiger partial charge on any atom is 0.261 e. The van der Waals surface area contributed by atoms with Crippen molar-refractivity contribution in [1.82, 2.24) is 10.2 Å². The van der Waals surface area contributed by atoms with Gasteiger partial charge in [-0.05, 0) is 35.9 Å². The van der Waals surface area contributed by atoms with Crippen LogP contribution < -0.4 is 10.6 Å². The van der Waals surface area contributed by atoms with Crippen LogP contribution in [0.15, 0.2) is 78.9 Å². The normalized spacial score (nSPS) is 13.5. The Morgan fingerprint density at radius 1 is 0.844 bits per heavy atom. The Morgan fingerprint density at radius 2 is 1.47 bits per heavy atom. The molecule has 1 heterocycles. The molecule has 3 aromatic carbocycles. The van der Waals surface area contributed by atoms with Gasteiger partial charge in [0.25, 0.3) is 17.7 Å². The van der Waals surface area contributed by atoms with Gasteiger partial charge in [-0.25, -0.2) is 0 Å². The molecule has 2 N–H and O–H groups in total. The van der Waals surface area contributed by atoms with Gasteiger partial charge < -0.3 is 10.6 Å². The van der Waals surface area contributed by atoms with E-state index >= 15 is 0 Å². The third-order valence-corrected chi connectivity index (χ3v) is 5.31. The van der Waals surface area contributed by atoms with Gasteiger partial charge in [0.15, 0.2) is 0 Å². The number of carbonyl (C=O) groups excluding carboxylic acids is 4. The molecule has 0 spiro atoms. The number of imide groups is 1. The van der Waals surface area contributed by atoms with Crippen molar-refractivity contribution < 1.29 is 19.2 Å². The van der Waals surface area contributed by atoms with Gasteiger partial charge in [0, 0.05) is 18.3 Å². The van der Waals surface area contributed by atoms with Gasteiger partial charge in [0.05, 0.1) is 23.6 Å². The fourth-order valence-corrected chi connectivity index (χ4v) is 3.61. The van der Waals surface area contributed by atoms with Crippen molar-refractivity contribution in [2.24, 2.45) is 0 Å². The monoisotopic (exact) mass is 427 g/mol. The molecule has 7 nitrogen and oxygen atoms in total. The zero-order chi connectivity index (χ0) is 22.7. The summed E-state index contributed by atoms with van der Waals surface area (Å²) in [7, 11) is 1.42. The van der Waals surface area contributed by atoms with E-state index in [0.717, 1.165) is 10.5 Å². The first-order valence-corrected chi connectivity index (χ1v) is 10.1. The van der Waals surface area contributed by atoms with Gasteiger partial charge in [-0.1, -0.05) is 48.5 Å². The highest BCUT2D eigenvalue weighted by molar-refractivity contribution is 6.21. The first-order valence-electron chi connectivity index (χ1n) is 10.1. The fraction of sp³-hybridized carbons (Fsp3) is 0.120. The molecule has 160 valence electrons. The molecule has 0 radical (unpaired) electrons. The molecular formula is C25H21N3O4. The van der Waals surface area contributed by atoms with E-state index in [-0.39, 0.29) is 29.7 Å². The van der Waals surface area contributed by atoms with E-state index in [4.69, 9.17) is 0 Å². The zero-order valence-electron chi connectivity index (χ0n) is 17.4. The van der Waals surface area contributed by atoms with Gasteiger partial charge in [-0.15, -0.1) is 0 Å². The summed E-state index contributed by atoms with van der Waals surface area (Å²) in [5, 5.41) is 5.68. The van der Waals surface area contributed by atoms with Crippen LogP contribution in [0.5, 0.6) is 0 Å². The summed E-state index contributed by atoms with van der Waals surface area (Å²) in [6, 6.07) is 22.1. The van der Waals surface area contributed by atoms with Crippen molar-refractivity contribution in [3.8, 4) is 0 Å². The predicted octanol–water partition coefficient (Wildman–Crippen LogP) is 3.41. The highest BCUT2D eigenvalue weighted by Crippen LogP contribution is 2.25. The fourth-order valence-electron chi connectivity index (χ4n) is 3.61. The Morgan fingerprint density at radius 3 is 2.16 bits per heavy atom. The second-order valence-corrected chi connectivity index (χ2v) is 7.48. The Balaban J connectivity index is 1.50. The van der Waals surface area contributed by atoms with Crippen molar-refractivity contribution in [1.29, 1.82) is 0 Å². The Hall–Kier alpha value is -4.26. The van der Waals surface area contributed by atoms with E-state index in [1.54, 1.807) is 30.3 Å². The molecule has 3 aromatic rings. The number of anilines is 1. The quantitative estimate of drug-likeness (QED) is 0.590. The van der Waals surface area contributed by atoms with Crippen LogP contribution in [0.25, 0.3) is 0 Å². The highest BCUT2D eigenvalue weighted by Gasteiger charge is 2.32. The van der Waals surface area contributed by atoms with Crippen LogP contribution in [0.4, 0.5) is 5.69 Å². The zero-order valence-corrected chi connectivity index (χ0v) is 17.4. The van der Waals surface area contributed by atoms with Crippen LogP contribution in [0.1, 0.15) is 49.1 Å². The van der Waals surface area contributed by atoms with Crippen molar-refractivity contribution in [3.05, 3.63) is 101 Å². The van der Waals surface area contributed by atoms with Crippen LogP contribution >= 0.6 is 0 Å². The standard InChI is InChI=1S/C25H21N3O4/c1-28-24(31)19-13-12-18(14-20(19)25(28)32)26-22(29)15-21(16-8-4-2-5-9-16)27-23(30)17-10-6-3-7-11-17/h2-14,21H,15H2,1H3,(H,26,29)(H,27,30). The number of benzene rings is 3. The summed E-state index contributed by atoms with van der Waals surface area (Å²) < 4.78 is 0. The minimum atomic E-state index is -0.548. The SMILES string of the molecule is CN1C(=O)c2ccc(NC(=O)CC(NC(=O)c3ccccc3)c3ccccc3)cc2C1=O. The van der Waals surface area contributed by atoms with Crippen LogP contribution in [0.3, 0.4) is 0 Å². The van der Waals surface area contributed by atoms with E-state index in [2.05, 4.69) is 10.6 Å². The molecule has 1 unspecified atom stereocenters. The molecule has 0 bridgehead atoms. The number of nitrogens with zero attached hydrogens (tertiary/aromatic N) is 1. The number of fused-ring (bicyclic) bond motifs is 1. The number of rotatable bonds is 6. The van der Waals surface area contributed by atoms with Crippen LogP contribution in [0, 0.1) is 0 Å². The molecule has 0 saturated heterocycles. The molecule has 7 heteroatoms. The molecular weight excluding hydrogens is 406 g/mol. The van der Waals surface area contributed by atoms with Crippen LogP contribution in [0.2, 0.25) is 0 Å². The lowest BCUT2D eigenvalue weighted by Crippen LogP contribution is -2.31. The second kappa shape index (κ2) is 8.85. The predicted molar refractivity (Wildman–Crippen MR) is 119 cm³/mol. The summed E-state index contributed by atoms with van der Waals surface area (Å²) >= 11 is 0. The van der Waals surface area contributed by atoms with Crippen molar-refractivity contribution in [2.75, 3.05) is 12.4 Å². The van der Waals surface area contributed by atoms with E-state index < -0.39 is 11.9 Å². The van der Waals surface area contributed by atoms with E-state index in [9.17, 15) is 19.2 Å². The minimum absolute atomic E-state index is 0.00749. The molecule has 32 heavy (non-hydrogen) atoms. The van der Waals surface area contributed by atoms with Crippen molar-refractivity contribution in [2.45, 2.75) is 12.5 Å². The molecule has 0 aromatic heterocycles. The van der Waals surface area contributed by atoms with Gasteiger partial charge in [-0.3, -0.25) is 24.1 Å². The van der Waals surface area contributed by atoms with Crippen molar-refractivity contribution in [3.63, 3.8) is 0 Å². The Labute approximate surface area is 185 Å². The topological polar surface area (TPSA) is 95.6 Å². The summed E-state index contributed by atoms with van der Waals surface area (Å²) in [5.74, 6) is -1.39. The first kappa shape index (κ1) is 21.0. The number of hydrogen-bond acceptors (Lipinski definition) is 4. The Bertz CT molecular complexity index is 1190. The lowest BCUT2D eigenvalue weighted by Gasteiger charge is -2.19. The maximum absolute atomic E-state index is 12.8. The molecule has 4 amide bonds. The molecule has 1 aliphatic heterocycles. The summed E-state index contributed by atoms with van der Waals surface area (Å²) in [6.45, 7) is 0. The summed E-state index contributed by atoms with van der Waals surface area (Å²) in [5.41, 5.74) is 2.27. The van der Waals surface area contributed by atoms with Gasteiger partial charge in [0.1, 0.15) is 0 Å². The average Bonchev–Trinajstić information content (AvgIpc) is 3.03. The number of hydrogen-bond donors (Lipinski definition) is 2. The van der Waals surface area contributed by atoms with E-state index in [1.807, 2.05) is 36.4 Å². The number of amides is 4. The largest absolute Gasteiger partial charge is 0.345 e. The highest BCUT2D eigenvalue weighted by atomic mass is 16.2. The van der Waals surface area contributed by atoms with Crippen LogP contribution in [-0.4, -0.2) is 35.6 Å². The molecule has 0 aliphatic carbocycles. The molecule has 0 saturated carbocycles. The smallest absolute Gasteiger partial charge is 0.261 e. The lowest BCUT2D eigenvalue weighted by molar-refractivity contribution is -0.116. The van der Waals surface area contributed by atoms with Crippen molar-refractivity contribution >= 4 is 29.3 Å². The van der Waals surface area contributed by atoms with Gasteiger partial charge >= 0.3 is 0 Å². The molecule has 0 fully saturated rings. The minimum Gasteiger partial charge on any atom is -0.345 e. The third-order valence-electron chi connectivity index (χ3n) is 5.31. The van der Waals surface area contributed by atoms with E-state index in [1.165, 1.54) is 19.2 Å². The van der Waals surface area contributed by atoms with E-state index in [0.29, 0.717) is 16.8 Å². The third kappa shape index (κ3) is 4.27. The molecule has 1 aliphatic rings. The summed E-state index contributed by atoms with van der Waals surface area (Å²) in [4.78, 5) is 50.8. The maximum atomic E-state index is 12.8. The molecule has 4 rings (SSSR count). The number of nitrogens with one attached hydrogen (secondary N) is 2. The summed E-state index contributed by atoms with van der Waals surface area (Å²) in [6.07, 6.45) is -0.00749. The first-order chi connectivity index (χ1) is 15.4. The lowest BCUT2D eigenvalue weighted by atomic mass is 10.0. The molecule has 1 atom stereocenters. The van der Waals surface area contributed by atoms with Crippen LogP contribution in [-0.2, 0) is 4.79 Å². The average molecular weight is 427 g/mol. The van der Waals surface area contributed by atoms with Gasteiger partial charge in [-0.2, -0.15) is 0 Å². The second-order valence-electron chi connectivity index (χ2n) is 7.48. The Kier molecular flexibility index (Phi) is 5.81.